The molecule has 17 heavy (non-hydrogen) atoms. The summed E-state index contributed by atoms with van der Waals surface area (Å²) >= 11 is 0. The Bertz CT molecular complexity index is 350. The van der Waals surface area contributed by atoms with E-state index in [1.54, 1.807) is 0 Å². The molecule has 3 unspecified atom stereocenters. The second kappa shape index (κ2) is 5.65. The fourth-order valence-corrected chi connectivity index (χ4v) is 2.63. The van der Waals surface area contributed by atoms with Gasteiger partial charge >= 0.3 is 0 Å². The van der Waals surface area contributed by atoms with E-state index in [1.165, 1.54) is 6.42 Å². The summed E-state index contributed by atoms with van der Waals surface area (Å²) in [5.74, 6) is 1.78. The summed E-state index contributed by atoms with van der Waals surface area (Å²) in [6, 6.07) is 0.361. The van der Waals surface area contributed by atoms with Crippen LogP contribution in [0.1, 0.15) is 26.1 Å². The van der Waals surface area contributed by atoms with Crippen LogP contribution in [0.25, 0.3) is 0 Å². The van der Waals surface area contributed by atoms with Crippen molar-refractivity contribution in [1.29, 1.82) is 0 Å². The summed E-state index contributed by atoms with van der Waals surface area (Å²) in [5, 5.41) is 3.39. The molecule has 1 fully saturated rings. The molecule has 3 atom stereocenters. The highest BCUT2D eigenvalue weighted by Crippen LogP contribution is 2.24. The first-order valence-corrected chi connectivity index (χ1v) is 6.55. The van der Waals surface area contributed by atoms with Crippen LogP contribution in [0.15, 0.2) is 12.4 Å². The van der Waals surface area contributed by atoms with Gasteiger partial charge in [-0.15, -0.1) is 0 Å². The van der Waals surface area contributed by atoms with Gasteiger partial charge in [-0.05, 0) is 26.3 Å². The fraction of sp³-hybridized carbons (Fsp3) is 0.769. The lowest BCUT2D eigenvalue weighted by Gasteiger charge is -2.25. The number of hydrogen-bond acceptors (Lipinski definition) is 3. The van der Waals surface area contributed by atoms with Gasteiger partial charge in [0.05, 0.1) is 6.10 Å². The molecule has 1 saturated heterocycles. The summed E-state index contributed by atoms with van der Waals surface area (Å²) in [5.41, 5.74) is 0. The van der Waals surface area contributed by atoms with Crippen LogP contribution >= 0.6 is 0 Å². The van der Waals surface area contributed by atoms with Gasteiger partial charge in [0.2, 0.25) is 0 Å². The molecule has 1 aromatic rings. The highest BCUT2D eigenvalue weighted by atomic mass is 16.5. The van der Waals surface area contributed by atoms with Crippen LogP contribution < -0.4 is 5.32 Å². The maximum absolute atomic E-state index is 5.84. The average molecular weight is 237 g/mol. The third-order valence-electron chi connectivity index (χ3n) is 3.76. The highest BCUT2D eigenvalue weighted by Gasteiger charge is 2.31. The highest BCUT2D eigenvalue weighted by molar-refractivity contribution is 4.98. The van der Waals surface area contributed by atoms with E-state index in [-0.39, 0.29) is 0 Å². The standard InChI is InChI=1S/C13H23N3O/c1-4-16-7-6-15-12(16)9-11(14-3)13-10(2)5-8-17-13/h6-7,10-11,13-14H,4-5,8-9H2,1-3H3. The van der Waals surface area contributed by atoms with E-state index >= 15 is 0 Å². The van der Waals surface area contributed by atoms with Crippen LogP contribution in [0, 0.1) is 5.92 Å². The molecular formula is C13H23N3O. The predicted octanol–water partition coefficient (Wildman–Crippen LogP) is 1.46. The molecule has 1 aromatic heterocycles. The quantitative estimate of drug-likeness (QED) is 0.842. The van der Waals surface area contributed by atoms with E-state index in [2.05, 4.69) is 28.7 Å². The van der Waals surface area contributed by atoms with Crippen LogP contribution in [-0.2, 0) is 17.7 Å². The van der Waals surface area contributed by atoms with E-state index in [9.17, 15) is 0 Å². The molecule has 0 radical (unpaired) electrons. The zero-order valence-electron chi connectivity index (χ0n) is 11.0. The zero-order chi connectivity index (χ0) is 12.3. The number of imidazole rings is 1. The number of aryl methyl sites for hydroxylation is 1. The first-order valence-electron chi connectivity index (χ1n) is 6.55. The van der Waals surface area contributed by atoms with Crippen molar-refractivity contribution in [3.05, 3.63) is 18.2 Å². The Balaban J connectivity index is 2.04. The molecule has 1 aliphatic rings. The van der Waals surface area contributed by atoms with Crippen molar-refractivity contribution < 1.29 is 4.74 Å². The van der Waals surface area contributed by atoms with E-state index < -0.39 is 0 Å². The fourth-order valence-electron chi connectivity index (χ4n) is 2.63. The van der Waals surface area contributed by atoms with Crippen molar-refractivity contribution in [1.82, 2.24) is 14.9 Å². The normalized spacial score (nSPS) is 26.3. The van der Waals surface area contributed by atoms with E-state index in [0.29, 0.717) is 18.1 Å². The van der Waals surface area contributed by atoms with E-state index in [4.69, 9.17) is 4.74 Å². The van der Waals surface area contributed by atoms with E-state index in [1.807, 2.05) is 19.4 Å². The minimum absolute atomic E-state index is 0.321. The lowest BCUT2D eigenvalue weighted by Crippen LogP contribution is -2.42. The van der Waals surface area contributed by atoms with Gasteiger partial charge in [0.25, 0.3) is 0 Å². The molecule has 96 valence electrons. The number of aromatic nitrogens is 2. The summed E-state index contributed by atoms with van der Waals surface area (Å²) in [6.07, 6.45) is 6.35. The van der Waals surface area contributed by atoms with E-state index in [0.717, 1.165) is 25.4 Å². The molecule has 0 aromatic carbocycles. The van der Waals surface area contributed by atoms with Crippen LogP contribution in [0.5, 0.6) is 0 Å². The number of ether oxygens (including phenoxy) is 1. The maximum Gasteiger partial charge on any atom is 0.110 e. The topological polar surface area (TPSA) is 39.1 Å². The largest absolute Gasteiger partial charge is 0.376 e. The average Bonchev–Trinajstić information content (AvgIpc) is 2.94. The molecular weight excluding hydrogens is 214 g/mol. The van der Waals surface area contributed by atoms with Crippen molar-refractivity contribution in [2.24, 2.45) is 5.92 Å². The first kappa shape index (κ1) is 12.6. The smallest absolute Gasteiger partial charge is 0.110 e. The molecule has 2 heterocycles. The molecule has 0 bridgehead atoms. The molecule has 0 saturated carbocycles. The number of rotatable bonds is 5. The molecule has 1 aliphatic heterocycles. The van der Waals surface area contributed by atoms with Crippen LogP contribution in [-0.4, -0.2) is 35.4 Å². The van der Waals surface area contributed by atoms with Gasteiger partial charge in [-0.3, -0.25) is 0 Å². The minimum atomic E-state index is 0.321. The number of nitrogens with zero attached hydrogens (tertiary/aromatic N) is 2. The van der Waals surface area contributed by atoms with Crippen LogP contribution in [0.3, 0.4) is 0 Å². The van der Waals surface area contributed by atoms with Crippen molar-refractivity contribution >= 4 is 0 Å². The van der Waals surface area contributed by atoms with Gasteiger partial charge in [0.1, 0.15) is 5.82 Å². The summed E-state index contributed by atoms with van der Waals surface area (Å²) in [4.78, 5) is 4.44. The predicted molar refractivity (Wildman–Crippen MR) is 68.0 cm³/mol. The van der Waals surface area contributed by atoms with Gasteiger partial charge in [-0.2, -0.15) is 0 Å². The van der Waals surface area contributed by atoms with Crippen molar-refractivity contribution in [2.45, 2.75) is 45.4 Å². The second-order valence-electron chi connectivity index (χ2n) is 4.83. The molecule has 0 spiro atoms. The molecule has 4 nitrogen and oxygen atoms in total. The zero-order valence-corrected chi connectivity index (χ0v) is 11.0. The van der Waals surface area contributed by atoms with Crippen molar-refractivity contribution in [3.8, 4) is 0 Å². The molecule has 4 heteroatoms. The van der Waals surface area contributed by atoms with Gasteiger partial charge in [0, 0.05) is 38.0 Å². The molecule has 1 N–H and O–H groups in total. The monoisotopic (exact) mass is 237 g/mol. The Labute approximate surface area is 103 Å². The molecule has 2 rings (SSSR count). The van der Waals surface area contributed by atoms with Crippen LogP contribution in [0.2, 0.25) is 0 Å². The third-order valence-corrected chi connectivity index (χ3v) is 3.76. The third kappa shape index (κ3) is 2.69. The summed E-state index contributed by atoms with van der Waals surface area (Å²) < 4.78 is 8.04. The first-order chi connectivity index (χ1) is 8.26. The van der Waals surface area contributed by atoms with Gasteiger partial charge in [-0.1, -0.05) is 6.92 Å². The van der Waals surface area contributed by atoms with Crippen molar-refractivity contribution in [2.75, 3.05) is 13.7 Å². The van der Waals surface area contributed by atoms with Gasteiger partial charge in [-0.25, -0.2) is 4.98 Å². The van der Waals surface area contributed by atoms with Crippen molar-refractivity contribution in [3.63, 3.8) is 0 Å². The Morgan fingerprint density at radius 1 is 1.65 bits per heavy atom. The molecule has 0 aliphatic carbocycles. The maximum atomic E-state index is 5.84. The summed E-state index contributed by atoms with van der Waals surface area (Å²) in [6.45, 7) is 6.29. The minimum Gasteiger partial charge on any atom is -0.376 e. The Hall–Kier alpha value is -0.870. The Kier molecular flexibility index (Phi) is 4.18. The summed E-state index contributed by atoms with van der Waals surface area (Å²) in [7, 11) is 2.01. The second-order valence-corrected chi connectivity index (χ2v) is 4.83. The Morgan fingerprint density at radius 3 is 3.06 bits per heavy atom. The number of likely N-dealkylation sites (N-methyl/N-ethyl adjacent to an activating group) is 1. The van der Waals surface area contributed by atoms with Crippen LogP contribution in [0.4, 0.5) is 0 Å². The number of nitrogens with one attached hydrogen (secondary N) is 1. The van der Waals surface area contributed by atoms with Gasteiger partial charge < -0.3 is 14.6 Å². The van der Waals surface area contributed by atoms with Gasteiger partial charge in [0.15, 0.2) is 0 Å². The SMILES string of the molecule is CCn1ccnc1CC(NC)C1OCCC1C. The number of hydrogen-bond donors (Lipinski definition) is 1. The molecule has 0 amide bonds. The lowest BCUT2D eigenvalue weighted by molar-refractivity contribution is 0.0625. The Morgan fingerprint density at radius 2 is 2.47 bits per heavy atom. The lowest BCUT2D eigenvalue weighted by atomic mass is 9.95.